The first-order chi connectivity index (χ1) is 12.9. The van der Waals surface area contributed by atoms with E-state index in [-0.39, 0.29) is 23.6 Å². The van der Waals surface area contributed by atoms with Crippen molar-refractivity contribution in [2.75, 3.05) is 19.5 Å². The van der Waals surface area contributed by atoms with Gasteiger partial charge in [0.2, 0.25) is 0 Å². The van der Waals surface area contributed by atoms with E-state index >= 15 is 0 Å². The molecule has 3 rings (SSSR count). The van der Waals surface area contributed by atoms with E-state index < -0.39 is 0 Å². The highest BCUT2D eigenvalue weighted by Crippen LogP contribution is 2.31. The number of hydrogen-bond acceptors (Lipinski definition) is 5. The van der Waals surface area contributed by atoms with Gasteiger partial charge in [0.25, 0.3) is 11.8 Å². The standard InChI is InChI=1S/C21H22N2O4/c1-13(2)27-17-11-7-15(8-12-17)22-19-18(20(24)23(3)21(19)25)14-5-9-16(26-4)10-6-14/h5-13,22H,1-4H3. The minimum absolute atomic E-state index is 0.0795. The first-order valence-electron chi connectivity index (χ1n) is 8.65. The van der Waals surface area contributed by atoms with Crippen molar-refractivity contribution in [3.8, 4) is 11.5 Å². The molecule has 1 heterocycles. The summed E-state index contributed by atoms with van der Waals surface area (Å²) in [5.41, 5.74) is 1.95. The van der Waals surface area contributed by atoms with E-state index in [4.69, 9.17) is 9.47 Å². The molecular formula is C21H22N2O4. The molecule has 6 heteroatoms. The van der Waals surface area contributed by atoms with Gasteiger partial charge in [-0.2, -0.15) is 0 Å². The number of carbonyl (C=O) groups excluding carboxylic acids is 2. The Morgan fingerprint density at radius 1 is 0.889 bits per heavy atom. The van der Waals surface area contributed by atoms with Gasteiger partial charge in [-0.3, -0.25) is 14.5 Å². The van der Waals surface area contributed by atoms with E-state index in [0.29, 0.717) is 22.6 Å². The lowest BCUT2D eigenvalue weighted by molar-refractivity contribution is -0.135. The van der Waals surface area contributed by atoms with Crippen molar-refractivity contribution in [1.29, 1.82) is 0 Å². The van der Waals surface area contributed by atoms with Crippen LogP contribution in [0.2, 0.25) is 0 Å². The highest BCUT2D eigenvalue weighted by Gasteiger charge is 2.36. The Kier molecular flexibility index (Phi) is 5.16. The van der Waals surface area contributed by atoms with E-state index in [1.165, 1.54) is 7.05 Å². The van der Waals surface area contributed by atoms with E-state index in [9.17, 15) is 9.59 Å². The molecule has 0 saturated carbocycles. The maximum atomic E-state index is 12.6. The molecular weight excluding hydrogens is 344 g/mol. The van der Waals surface area contributed by atoms with Crippen LogP contribution >= 0.6 is 0 Å². The quantitative estimate of drug-likeness (QED) is 0.795. The molecule has 1 aliphatic rings. The second-order valence-electron chi connectivity index (χ2n) is 6.46. The first kappa shape index (κ1) is 18.5. The maximum absolute atomic E-state index is 12.6. The van der Waals surface area contributed by atoms with Crippen LogP contribution in [0, 0.1) is 0 Å². The molecule has 2 aromatic carbocycles. The number of anilines is 1. The average Bonchev–Trinajstić information content (AvgIpc) is 2.87. The molecule has 0 fully saturated rings. The molecule has 0 bridgehead atoms. The normalized spacial score (nSPS) is 14.2. The van der Waals surface area contributed by atoms with Crippen LogP contribution < -0.4 is 14.8 Å². The minimum Gasteiger partial charge on any atom is -0.497 e. The summed E-state index contributed by atoms with van der Waals surface area (Å²) in [7, 11) is 3.05. The van der Waals surface area contributed by atoms with Gasteiger partial charge in [-0.15, -0.1) is 0 Å². The molecule has 0 aliphatic carbocycles. The van der Waals surface area contributed by atoms with Crippen LogP contribution in [-0.4, -0.2) is 37.0 Å². The number of ether oxygens (including phenoxy) is 2. The van der Waals surface area contributed by atoms with E-state index in [2.05, 4.69) is 5.32 Å². The van der Waals surface area contributed by atoms with Gasteiger partial charge in [-0.25, -0.2) is 0 Å². The fourth-order valence-electron chi connectivity index (χ4n) is 2.82. The molecule has 2 aromatic rings. The van der Waals surface area contributed by atoms with Gasteiger partial charge >= 0.3 is 0 Å². The molecule has 140 valence electrons. The van der Waals surface area contributed by atoms with Crippen LogP contribution in [0.4, 0.5) is 5.69 Å². The monoisotopic (exact) mass is 366 g/mol. The number of rotatable bonds is 6. The third kappa shape index (κ3) is 3.79. The third-order valence-electron chi connectivity index (χ3n) is 4.16. The number of methoxy groups -OCH3 is 1. The lowest BCUT2D eigenvalue weighted by atomic mass is 10.0. The fourth-order valence-corrected chi connectivity index (χ4v) is 2.82. The number of hydrogen-bond donors (Lipinski definition) is 1. The molecule has 0 radical (unpaired) electrons. The molecule has 1 N–H and O–H groups in total. The van der Waals surface area contributed by atoms with Gasteiger partial charge in [-0.05, 0) is 55.8 Å². The van der Waals surface area contributed by atoms with E-state index in [1.807, 2.05) is 38.1 Å². The zero-order valence-electron chi connectivity index (χ0n) is 15.8. The van der Waals surface area contributed by atoms with Crippen LogP contribution in [-0.2, 0) is 9.59 Å². The smallest absolute Gasteiger partial charge is 0.277 e. The molecule has 27 heavy (non-hydrogen) atoms. The number of nitrogens with one attached hydrogen (secondary N) is 1. The van der Waals surface area contributed by atoms with Gasteiger partial charge < -0.3 is 14.8 Å². The van der Waals surface area contributed by atoms with Crippen LogP contribution in [0.3, 0.4) is 0 Å². The summed E-state index contributed by atoms with van der Waals surface area (Å²) in [6, 6.07) is 14.3. The zero-order valence-corrected chi connectivity index (χ0v) is 15.8. The van der Waals surface area contributed by atoms with Crippen molar-refractivity contribution in [3.05, 3.63) is 59.8 Å². The number of benzene rings is 2. The molecule has 0 unspecified atom stereocenters. The predicted octanol–water partition coefficient (Wildman–Crippen LogP) is 3.30. The summed E-state index contributed by atoms with van der Waals surface area (Å²) < 4.78 is 10.8. The molecule has 1 aliphatic heterocycles. The lowest BCUT2D eigenvalue weighted by Gasteiger charge is -2.12. The fraction of sp³-hybridized carbons (Fsp3) is 0.238. The van der Waals surface area contributed by atoms with Crippen molar-refractivity contribution >= 4 is 23.1 Å². The Morgan fingerprint density at radius 2 is 1.48 bits per heavy atom. The third-order valence-corrected chi connectivity index (χ3v) is 4.16. The second-order valence-corrected chi connectivity index (χ2v) is 6.46. The number of nitrogens with zero attached hydrogens (tertiary/aromatic N) is 1. The van der Waals surface area contributed by atoms with Crippen LogP contribution in [0.5, 0.6) is 11.5 Å². The average molecular weight is 366 g/mol. The SMILES string of the molecule is COc1ccc(C2=C(Nc3ccc(OC(C)C)cc3)C(=O)N(C)C2=O)cc1. The van der Waals surface area contributed by atoms with Crippen molar-refractivity contribution < 1.29 is 19.1 Å². The number of imide groups is 1. The first-order valence-corrected chi connectivity index (χ1v) is 8.65. The molecule has 0 atom stereocenters. The predicted molar refractivity (Wildman–Crippen MR) is 104 cm³/mol. The van der Waals surface area contributed by atoms with Crippen LogP contribution in [0.25, 0.3) is 5.57 Å². The van der Waals surface area contributed by atoms with Crippen molar-refractivity contribution in [3.63, 3.8) is 0 Å². The Balaban J connectivity index is 1.94. The highest BCUT2D eigenvalue weighted by molar-refractivity contribution is 6.36. The number of amides is 2. The van der Waals surface area contributed by atoms with Gasteiger partial charge in [0.1, 0.15) is 17.2 Å². The summed E-state index contributed by atoms with van der Waals surface area (Å²) in [5, 5.41) is 3.09. The highest BCUT2D eigenvalue weighted by atomic mass is 16.5. The topological polar surface area (TPSA) is 67.9 Å². The molecule has 2 amide bonds. The van der Waals surface area contributed by atoms with E-state index in [1.54, 1.807) is 31.4 Å². The molecule has 6 nitrogen and oxygen atoms in total. The van der Waals surface area contributed by atoms with Crippen molar-refractivity contribution in [2.24, 2.45) is 0 Å². The Bertz CT molecular complexity index is 883. The summed E-state index contributed by atoms with van der Waals surface area (Å²) in [6.45, 7) is 3.91. The number of likely N-dealkylation sites (N-methyl/N-ethyl adjacent to an activating group) is 1. The largest absolute Gasteiger partial charge is 0.497 e. The van der Waals surface area contributed by atoms with Gasteiger partial charge in [0.05, 0.1) is 18.8 Å². The van der Waals surface area contributed by atoms with Gasteiger partial charge in [-0.1, -0.05) is 12.1 Å². The van der Waals surface area contributed by atoms with Crippen LogP contribution in [0.1, 0.15) is 19.4 Å². The minimum atomic E-state index is -0.367. The maximum Gasteiger partial charge on any atom is 0.277 e. The zero-order chi connectivity index (χ0) is 19.6. The summed E-state index contributed by atoms with van der Waals surface area (Å²) in [6.07, 6.45) is 0.0795. The van der Waals surface area contributed by atoms with Crippen molar-refractivity contribution in [2.45, 2.75) is 20.0 Å². The molecule has 0 aromatic heterocycles. The summed E-state index contributed by atoms with van der Waals surface area (Å²) in [5.74, 6) is 0.714. The van der Waals surface area contributed by atoms with Gasteiger partial charge in [0.15, 0.2) is 0 Å². The van der Waals surface area contributed by atoms with E-state index in [0.717, 1.165) is 10.6 Å². The summed E-state index contributed by atoms with van der Waals surface area (Å²) >= 11 is 0. The van der Waals surface area contributed by atoms with Crippen molar-refractivity contribution in [1.82, 2.24) is 4.90 Å². The molecule has 0 spiro atoms. The second kappa shape index (κ2) is 7.53. The summed E-state index contributed by atoms with van der Waals surface area (Å²) in [4.78, 5) is 26.3. The van der Waals surface area contributed by atoms with Crippen LogP contribution in [0.15, 0.2) is 54.2 Å². The Labute approximate surface area is 158 Å². The van der Waals surface area contributed by atoms with Gasteiger partial charge in [0, 0.05) is 12.7 Å². The Morgan fingerprint density at radius 3 is 2.04 bits per heavy atom. The molecule has 0 saturated heterocycles. The Hall–Kier alpha value is -3.28. The lowest BCUT2D eigenvalue weighted by Crippen LogP contribution is -2.27. The number of carbonyl (C=O) groups is 2.